The van der Waals surface area contributed by atoms with Gasteiger partial charge >= 0.3 is 0 Å². The van der Waals surface area contributed by atoms with E-state index in [2.05, 4.69) is 51.1 Å². The van der Waals surface area contributed by atoms with Crippen LogP contribution in [0.4, 0.5) is 5.69 Å². The van der Waals surface area contributed by atoms with E-state index in [4.69, 9.17) is 4.74 Å². The summed E-state index contributed by atoms with van der Waals surface area (Å²) in [5.74, 6) is 1.78. The summed E-state index contributed by atoms with van der Waals surface area (Å²) < 4.78 is 5.26. The van der Waals surface area contributed by atoms with Crippen LogP contribution >= 0.6 is 0 Å². The standard InChI is InChI=1S/C24H28N4O/c1-27(18-24-25-16-20(17-26-24)19-6-4-3-5-7-19)21-12-14-28(15-13-21)22-8-10-23(29-2)11-9-22/h3-11,16-17,21H,12-15,18H2,1-2H3. The maximum Gasteiger partial charge on any atom is 0.142 e. The normalized spacial score (nSPS) is 14.9. The van der Waals surface area contributed by atoms with E-state index >= 15 is 0 Å². The molecular formula is C24H28N4O. The minimum atomic E-state index is 0.557. The molecule has 0 spiro atoms. The lowest BCUT2D eigenvalue weighted by atomic mass is 10.0. The van der Waals surface area contributed by atoms with Crippen molar-refractivity contribution in [3.8, 4) is 16.9 Å². The van der Waals surface area contributed by atoms with Crippen molar-refractivity contribution in [2.24, 2.45) is 0 Å². The molecule has 0 saturated carbocycles. The highest BCUT2D eigenvalue weighted by Gasteiger charge is 2.23. The summed E-state index contributed by atoms with van der Waals surface area (Å²) in [6, 6.07) is 19.2. The topological polar surface area (TPSA) is 41.5 Å². The fourth-order valence-electron chi connectivity index (χ4n) is 3.93. The van der Waals surface area contributed by atoms with Crippen LogP contribution in [-0.4, -0.2) is 48.2 Å². The van der Waals surface area contributed by atoms with E-state index in [0.717, 1.165) is 55.2 Å². The Labute approximate surface area is 173 Å². The SMILES string of the molecule is COc1ccc(N2CCC(N(C)Cc3ncc(-c4ccccc4)cn3)CC2)cc1. The highest BCUT2D eigenvalue weighted by Crippen LogP contribution is 2.25. The van der Waals surface area contributed by atoms with Crippen LogP contribution in [0.15, 0.2) is 67.0 Å². The summed E-state index contributed by atoms with van der Waals surface area (Å²) >= 11 is 0. The van der Waals surface area contributed by atoms with Crippen molar-refractivity contribution in [3.63, 3.8) is 0 Å². The van der Waals surface area contributed by atoms with Gasteiger partial charge in [-0.2, -0.15) is 0 Å². The van der Waals surface area contributed by atoms with E-state index in [1.165, 1.54) is 5.69 Å². The van der Waals surface area contributed by atoms with E-state index in [1.807, 2.05) is 42.7 Å². The van der Waals surface area contributed by atoms with Crippen LogP contribution in [-0.2, 0) is 6.54 Å². The fraction of sp³-hybridized carbons (Fsp3) is 0.333. The molecule has 29 heavy (non-hydrogen) atoms. The second-order valence-corrected chi connectivity index (χ2v) is 7.59. The molecule has 0 radical (unpaired) electrons. The number of hydrogen-bond donors (Lipinski definition) is 0. The van der Waals surface area contributed by atoms with Crippen LogP contribution in [0.25, 0.3) is 11.1 Å². The second kappa shape index (κ2) is 9.05. The van der Waals surface area contributed by atoms with Crippen LogP contribution in [0.1, 0.15) is 18.7 Å². The molecule has 0 atom stereocenters. The van der Waals surface area contributed by atoms with Gasteiger partial charge in [0, 0.05) is 42.8 Å². The second-order valence-electron chi connectivity index (χ2n) is 7.59. The third kappa shape index (κ3) is 4.74. The van der Waals surface area contributed by atoms with E-state index in [0.29, 0.717) is 6.04 Å². The minimum Gasteiger partial charge on any atom is -0.497 e. The van der Waals surface area contributed by atoms with Gasteiger partial charge < -0.3 is 9.64 Å². The third-order valence-corrected chi connectivity index (χ3v) is 5.73. The quantitative estimate of drug-likeness (QED) is 0.631. The molecule has 0 amide bonds. The number of anilines is 1. The summed E-state index contributed by atoms with van der Waals surface area (Å²) in [6.45, 7) is 2.91. The molecule has 150 valence electrons. The van der Waals surface area contributed by atoms with Gasteiger partial charge in [-0.25, -0.2) is 9.97 Å². The Morgan fingerprint density at radius 2 is 1.59 bits per heavy atom. The molecule has 1 aliphatic heterocycles. The molecule has 5 heteroatoms. The number of ether oxygens (including phenoxy) is 1. The summed E-state index contributed by atoms with van der Waals surface area (Å²) in [4.78, 5) is 14.0. The molecule has 1 aromatic heterocycles. The molecule has 3 aromatic rings. The Bertz CT molecular complexity index is 888. The molecule has 1 aliphatic rings. The van der Waals surface area contributed by atoms with Gasteiger partial charge in [0.1, 0.15) is 11.6 Å². The molecule has 2 aromatic carbocycles. The summed E-state index contributed by atoms with van der Waals surface area (Å²) in [6.07, 6.45) is 6.14. The number of hydrogen-bond acceptors (Lipinski definition) is 5. The Morgan fingerprint density at radius 1 is 0.931 bits per heavy atom. The zero-order valence-corrected chi connectivity index (χ0v) is 17.2. The smallest absolute Gasteiger partial charge is 0.142 e. The summed E-state index contributed by atoms with van der Waals surface area (Å²) in [7, 11) is 3.89. The van der Waals surface area contributed by atoms with Crippen molar-refractivity contribution in [3.05, 3.63) is 72.8 Å². The molecule has 5 nitrogen and oxygen atoms in total. The van der Waals surface area contributed by atoms with E-state index in [-0.39, 0.29) is 0 Å². The van der Waals surface area contributed by atoms with Gasteiger partial charge in [-0.05, 0) is 49.7 Å². The lowest BCUT2D eigenvalue weighted by Crippen LogP contribution is -2.43. The summed E-state index contributed by atoms with van der Waals surface area (Å²) in [5.41, 5.74) is 3.48. The molecular weight excluding hydrogens is 360 g/mol. The van der Waals surface area contributed by atoms with Crippen molar-refractivity contribution in [1.82, 2.24) is 14.9 Å². The fourth-order valence-corrected chi connectivity index (χ4v) is 3.93. The van der Waals surface area contributed by atoms with Crippen LogP contribution in [0.3, 0.4) is 0 Å². The van der Waals surface area contributed by atoms with Crippen LogP contribution in [0, 0.1) is 0 Å². The van der Waals surface area contributed by atoms with Gasteiger partial charge in [0.25, 0.3) is 0 Å². The van der Waals surface area contributed by atoms with Gasteiger partial charge in [0.2, 0.25) is 0 Å². The van der Waals surface area contributed by atoms with Crippen molar-refractivity contribution in [2.75, 3.05) is 32.1 Å². The molecule has 2 heterocycles. The molecule has 0 aliphatic carbocycles. The Kier molecular flexibility index (Phi) is 6.06. The number of rotatable bonds is 6. The average molecular weight is 389 g/mol. The largest absolute Gasteiger partial charge is 0.497 e. The van der Waals surface area contributed by atoms with Crippen LogP contribution < -0.4 is 9.64 Å². The third-order valence-electron chi connectivity index (χ3n) is 5.73. The van der Waals surface area contributed by atoms with Crippen molar-refractivity contribution >= 4 is 5.69 Å². The van der Waals surface area contributed by atoms with E-state index in [1.54, 1.807) is 7.11 Å². The lowest BCUT2D eigenvalue weighted by molar-refractivity contribution is 0.196. The first-order chi connectivity index (χ1) is 14.2. The number of benzene rings is 2. The predicted octanol–water partition coefficient (Wildman–Crippen LogP) is 4.25. The maximum absolute atomic E-state index is 5.26. The molecule has 0 N–H and O–H groups in total. The van der Waals surface area contributed by atoms with Gasteiger partial charge in [0.05, 0.1) is 13.7 Å². The van der Waals surface area contributed by atoms with Crippen LogP contribution in [0.2, 0.25) is 0 Å². The molecule has 1 saturated heterocycles. The van der Waals surface area contributed by atoms with Crippen molar-refractivity contribution < 1.29 is 4.74 Å². The Hall–Kier alpha value is -2.92. The molecule has 0 bridgehead atoms. The monoisotopic (exact) mass is 388 g/mol. The first kappa shape index (κ1) is 19.4. The highest BCUT2D eigenvalue weighted by atomic mass is 16.5. The van der Waals surface area contributed by atoms with E-state index < -0.39 is 0 Å². The van der Waals surface area contributed by atoms with Gasteiger partial charge in [-0.1, -0.05) is 30.3 Å². The minimum absolute atomic E-state index is 0.557. The molecule has 1 fully saturated rings. The average Bonchev–Trinajstić information content (AvgIpc) is 2.80. The number of aromatic nitrogens is 2. The zero-order chi connectivity index (χ0) is 20.1. The van der Waals surface area contributed by atoms with Crippen molar-refractivity contribution in [1.29, 1.82) is 0 Å². The number of piperidine rings is 1. The predicted molar refractivity (Wildman–Crippen MR) is 117 cm³/mol. The van der Waals surface area contributed by atoms with Gasteiger partial charge in [-0.15, -0.1) is 0 Å². The molecule has 0 unspecified atom stereocenters. The van der Waals surface area contributed by atoms with Crippen molar-refractivity contribution in [2.45, 2.75) is 25.4 Å². The lowest BCUT2D eigenvalue weighted by Gasteiger charge is -2.37. The van der Waals surface area contributed by atoms with E-state index in [9.17, 15) is 0 Å². The Morgan fingerprint density at radius 3 is 2.21 bits per heavy atom. The van der Waals surface area contributed by atoms with Gasteiger partial charge in [-0.3, -0.25) is 4.90 Å². The zero-order valence-electron chi connectivity index (χ0n) is 17.2. The first-order valence-corrected chi connectivity index (χ1v) is 10.2. The van der Waals surface area contributed by atoms with Gasteiger partial charge in [0.15, 0.2) is 0 Å². The number of methoxy groups -OCH3 is 1. The molecule has 4 rings (SSSR count). The summed E-state index contributed by atoms with van der Waals surface area (Å²) in [5, 5.41) is 0. The first-order valence-electron chi connectivity index (χ1n) is 10.2. The maximum atomic E-state index is 5.26. The Balaban J connectivity index is 1.31. The highest BCUT2D eigenvalue weighted by molar-refractivity contribution is 5.60. The van der Waals surface area contributed by atoms with Crippen LogP contribution in [0.5, 0.6) is 5.75 Å². The number of nitrogens with zero attached hydrogens (tertiary/aromatic N) is 4.